The molecule has 1 rings (SSSR count). The van der Waals surface area contributed by atoms with E-state index in [0.717, 1.165) is 19.4 Å². The normalized spacial score (nSPS) is 27.4. The van der Waals surface area contributed by atoms with E-state index >= 15 is 0 Å². The minimum Gasteiger partial charge on any atom is -0.483 e. The molecular formula is C6H11NO. The summed E-state index contributed by atoms with van der Waals surface area (Å²) in [5.74, 6) is 0. The van der Waals surface area contributed by atoms with Crippen molar-refractivity contribution in [3.63, 3.8) is 0 Å². The van der Waals surface area contributed by atoms with E-state index in [4.69, 9.17) is 4.74 Å². The largest absolute Gasteiger partial charge is 0.483 e. The van der Waals surface area contributed by atoms with Gasteiger partial charge in [-0.15, -0.1) is 0 Å². The molecule has 1 aliphatic heterocycles. The van der Waals surface area contributed by atoms with Gasteiger partial charge in [-0.3, -0.25) is 4.99 Å². The van der Waals surface area contributed by atoms with Crippen LogP contribution in [0, 0.1) is 0 Å². The van der Waals surface area contributed by atoms with Crippen LogP contribution < -0.4 is 0 Å². The van der Waals surface area contributed by atoms with Crippen LogP contribution in [0.3, 0.4) is 0 Å². The fourth-order valence-corrected chi connectivity index (χ4v) is 0.770. The topological polar surface area (TPSA) is 21.6 Å². The zero-order valence-corrected chi connectivity index (χ0v) is 5.13. The van der Waals surface area contributed by atoms with Gasteiger partial charge >= 0.3 is 0 Å². The second-order valence-corrected chi connectivity index (χ2v) is 1.98. The maximum Gasteiger partial charge on any atom is 0.169 e. The molecule has 1 atom stereocenters. The van der Waals surface area contributed by atoms with E-state index < -0.39 is 0 Å². The lowest BCUT2D eigenvalue weighted by Crippen LogP contribution is -2.12. The third kappa shape index (κ3) is 1.22. The van der Waals surface area contributed by atoms with Crippen molar-refractivity contribution in [1.82, 2.24) is 0 Å². The quantitative estimate of drug-likeness (QED) is 0.501. The summed E-state index contributed by atoms with van der Waals surface area (Å²) in [6.45, 7) is 3.00. The van der Waals surface area contributed by atoms with Gasteiger partial charge < -0.3 is 4.74 Å². The first-order chi connectivity index (χ1) is 3.93. The number of nitrogens with zero attached hydrogens (tertiary/aromatic N) is 1. The molecule has 0 bridgehead atoms. The van der Waals surface area contributed by atoms with Crippen LogP contribution in [-0.2, 0) is 4.74 Å². The van der Waals surface area contributed by atoms with Crippen LogP contribution in [0.4, 0.5) is 0 Å². The predicted octanol–water partition coefficient (Wildman–Crippen LogP) is 1.21. The Balaban J connectivity index is 2.32. The molecule has 2 heteroatoms. The molecule has 1 unspecified atom stereocenters. The van der Waals surface area contributed by atoms with Gasteiger partial charge in [0.05, 0.1) is 12.6 Å². The number of hydrogen-bond acceptors (Lipinski definition) is 2. The van der Waals surface area contributed by atoms with Crippen LogP contribution in [0.25, 0.3) is 0 Å². The Bertz CT molecular complexity index is 90.5. The van der Waals surface area contributed by atoms with Crippen LogP contribution in [-0.4, -0.2) is 19.0 Å². The van der Waals surface area contributed by atoms with Crippen LogP contribution in [0.15, 0.2) is 4.99 Å². The molecule has 0 aromatic rings. The Hall–Kier alpha value is -0.530. The highest BCUT2D eigenvalue weighted by Crippen LogP contribution is 2.05. The third-order valence-electron chi connectivity index (χ3n) is 1.39. The highest BCUT2D eigenvalue weighted by atomic mass is 16.5. The number of rotatable bonds is 1. The van der Waals surface area contributed by atoms with E-state index in [0.29, 0.717) is 6.04 Å². The molecule has 0 aliphatic carbocycles. The van der Waals surface area contributed by atoms with E-state index in [1.165, 1.54) is 0 Å². The first-order valence-electron chi connectivity index (χ1n) is 3.06. The lowest BCUT2D eigenvalue weighted by atomic mass is 10.2. The zero-order valence-electron chi connectivity index (χ0n) is 5.13. The molecule has 0 aromatic carbocycles. The van der Waals surface area contributed by atoms with Crippen molar-refractivity contribution in [3.05, 3.63) is 0 Å². The maximum atomic E-state index is 4.91. The van der Waals surface area contributed by atoms with Gasteiger partial charge in [-0.05, 0) is 6.42 Å². The minimum absolute atomic E-state index is 0.531. The number of hydrogen-bond donors (Lipinski definition) is 0. The summed E-state index contributed by atoms with van der Waals surface area (Å²) < 4.78 is 4.91. The average molecular weight is 113 g/mol. The second-order valence-electron chi connectivity index (χ2n) is 1.98. The van der Waals surface area contributed by atoms with Gasteiger partial charge in [0.2, 0.25) is 0 Å². The number of ether oxygens (including phenoxy) is 1. The van der Waals surface area contributed by atoms with E-state index in [1.807, 2.05) is 0 Å². The summed E-state index contributed by atoms with van der Waals surface area (Å²) in [7, 11) is 0. The lowest BCUT2D eigenvalue weighted by molar-refractivity contribution is 0.272. The van der Waals surface area contributed by atoms with Crippen LogP contribution in [0.5, 0.6) is 0 Å². The molecule has 1 heterocycles. The Morgan fingerprint density at radius 3 is 3.12 bits per heavy atom. The summed E-state index contributed by atoms with van der Waals surface area (Å²) in [5, 5.41) is 0. The van der Waals surface area contributed by atoms with Crippen molar-refractivity contribution in [2.75, 3.05) is 6.61 Å². The van der Waals surface area contributed by atoms with E-state index in [1.54, 1.807) is 6.40 Å². The SMILES string of the molecule is CCC1CCOC=N1. The molecular weight excluding hydrogens is 102 g/mol. The molecule has 0 spiro atoms. The van der Waals surface area contributed by atoms with Crippen molar-refractivity contribution in [1.29, 1.82) is 0 Å². The fraction of sp³-hybridized carbons (Fsp3) is 0.833. The van der Waals surface area contributed by atoms with Gasteiger partial charge in [-0.2, -0.15) is 0 Å². The van der Waals surface area contributed by atoms with Crippen LogP contribution in [0.1, 0.15) is 19.8 Å². The monoisotopic (exact) mass is 113 g/mol. The first kappa shape index (κ1) is 5.60. The highest BCUT2D eigenvalue weighted by Gasteiger charge is 2.05. The summed E-state index contributed by atoms with van der Waals surface area (Å²) >= 11 is 0. The molecule has 2 nitrogen and oxygen atoms in total. The molecule has 0 aromatic heterocycles. The minimum atomic E-state index is 0.531. The van der Waals surface area contributed by atoms with E-state index in [2.05, 4.69) is 11.9 Å². The number of aliphatic imine (C=N–C) groups is 1. The summed E-state index contributed by atoms with van der Waals surface area (Å²) in [4.78, 5) is 4.10. The van der Waals surface area contributed by atoms with Gasteiger partial charge in [-0.25, -0.2) is 0 Å². The standard InChI is InChI=1S/C6H11NO/c1-2-6-3-4-8-5-7-6/h5-6H,2-4H2,1H3. The predicted molar refractivity (Wildman–Crippen MR) is 33.1 cm³/mol. The Labute approximate surface area is 49.6 Å². The molecule has 0 radical (unpaired) electrons. The van der Waals surface area contributed by atoms with Gasteiger partial charge in [0.1, 0.15) is 0 Å². The van der Waals surface area contributed by atoms with Gasteiger partial charge in [-0.1, -0.05) is 6.92 Å². The second kappa shape index (κ2) is 2.70. The van der Waals surface area contributed by atoms with Gasteiger partial charge in [0.15, 0.2) is 6.40 Å². The van der Waals surface area contributed by atoms with Gasteiger partial charge in [0, 0.05) is 6.42 Å². The molecule has 0 amide bonds. The molecule has 0 saturated heterocycles. The van der Waals surface area contributed by atoms with E-state index in [-0.39, 0.29) is 0 Å². The average Bonchev–Trinajstić information content (AvgIpc) is 1.90. The molecule has 0 fully saturated rings. The molecule has 1 aliphatic rings. The smallest absolute Gasteiger partial charge is 0.169 e. The van der Waals surface area contributed by atoms with Crippen molar-refractivity contribution in [3.8, 4) is 0 Å². The molecule has 8 heavy (non-hydrogen) atoms. The van der Waals surface area contributed by atoms with E-state index in [9.17, 15) is 0 Å². The fourth-order valence-electron chi connectivity index (χ4n) is 0.770. The Morgan fingerprint density at radius 1 is 1.88 bits per heavy atom. The molecule has 46 valence electrons. The van der Waals surface area contributed by atoms with Crippen LogP contribution in [0.2, 0.25) is 0 Å². The summed E-state index contributed by atoms with van der Waals surface area (Å²) in [6, 6.07) is 0.531. The maximum absolute atomic E-state index is 4.91. The van der Waals surface area contributed by atoms with Crippen molar-refractivity contribution in [2.45, 2.75) is 25.8 Å². The zero-order chi connectivity index (χ0) is 5.82. The molecule has 0 saturated carbocycles. The molecule has 0 N–H and O–H groups in total. The lowest BCUT2D eigenvalue weighted by Gasteiger charge is -2.12. The summed E-state index contributed by atoms with van der Waals surface area (Å²) in [6.07, 6.45) is 3.80. The van der Waals surface area contributed by atoms with Crippen molar-refractivity contribution < 1.29 is 4.74 Å². The van der Waals surface area contributed by atoms with Crippen LogP contribution >= 0.6 is 0 Å². The summed E-state index contributed by atoms with van der Waals surface area (Å²) in [5.41, 5.74) is 0. The first-order valence-corrected chi connectivity index (χ1v) is 3.06. The third-order valence-corrected chi connectivity index (χ3v) is 1.39. The van der Waals surface area contributed by atoms with Gasteiger partial charge in [0.25, 0.3) is 0 Å². The Kier molecular flexibility index (Phi) is 1.89. The Morgan fingerprint density at radius 2 is 2.75 bits per heavy atom. The van der Waals surface area contributed by atoms with Crippen molar-refractivity contribution >= 4 is 6.40 Å². The highest BCUT2D eigenvalue weighted by molar-refractivity contribution is 5.47. The van der Waals surface area contributed by atoms with Crippen molar-refractivity contribution in [2.24, 2.45) is 4.99 Å².